The zero-order valence-electron chi connectivity index (χ0n) is 22.2. The van der Waals surface area contributed by atoms with Gasteiger partial charge < -0.3 is 24.6 Å². The summed E-state index contributed by atoms with van der Waals surface area (Å²) in [6.45, 7) is 2.69. The SMILES string of the molecule is COc1cccc(C(=O)N2CCN(c3ccc(NC(=O)CSc4nnnn4-c4ccccc4OC)cc3)CC2)c1. The van der Waals surface area contributed by atoms with Crippen LogP contribution in [0.2, 0.25) is 0 Å². The van der Waals surface area contributed by atoms with Crippen LogP contribution in [0.25, 0.3) is 5.69 Å². The minimum atomic E-state index is -0.169. The molecule has 11 nitrogen and oxygen atoms in total. The van der Waals surface area contributed by atoms with E-state index >= 15 is 0 Å². The van der Waals surface area contributed by atoms with Crippen LogP contribution in [0.5, 0.6) is 11.5 Å². The number of methoxy groups -OCH3 is 2. The van der Waals surface area contributed by atoms with Crippen molar-refractivity contribution in [2.24, 2.45) is 0 Å². The number of rotatable bonds is 9. The summed E-state index contributed by atoms with van der Waals surface area (Å²) in [7, 11) is 3.17. The van der Waals surface area contributed by atoms with Crippen molar-refractivity contribution < 1.29 is 19.1 Å². The number of anilines is 2. The van der Waals surface area contributed by atoms with Gasteiger partial charge in [-0.25, -0.2) is 0 Å². The molecule has 12 heteroatoms. The van der Waals surface area contributed by atoms with Crippen LogP contribution in [0.15, 0.2) is 78.0 Å². The van der Waals surface area contributed by atoms with Gasteiger partial charge in [0.05, 0.1) is 20.0 Å². The van der Waals surface area contributed by atoms with Gasteiger partial charge in [0.15, 0.2) is 0 Å². The minimum absolute atomic E-state index is 0.00594. The molecule has 0 saturated carbocycles. The van der Waals surface area contributed by atoms with E-state index in [0.29, 0.717) is 46.7 Å². The van der Waals surface area contributed by atoms with Gasteiger partial charge in [-0.05, 0) is 65.0 Å². The third-order valence-electron chi connectivity index (χ3n) is 6.49. The Bertz CT molecular complexity index is 1470. The summed E-state index contributed by atoms with van der Waals surface area (Å²) in [5, 5.41) is 15.2. The molecule has 5 rings (SSSR count). The van der Waals surface area contributed by atoms with E-state index in [9.17, 15) is 9.59 Å². The molecule has 1 aromatic heterocycles. The molecule has 4 aromatic rings. The molecule has 1 N–H and O–H groups in total. The smallest absolute Gasteiger partial charge is 0.254 e. The normalized spacial score (nSPS) is 13.2. The number of aromatic nitrogens is 4. The van der Waals surface area contributed by atoms with Crippen LogP contribution in [0.3, 0.4) is 0 Å². The first kappa shape index (κ1) is 27.0. The first-order valence-corrected chi connectivity index (χ1v) is 13.7. The lowest BCUT2D eigenvalue weighted by Crippen LogP contribution is -2.48. The molecule has 0 radical (unpaired) electrons. The van der Waals surface area contributed by atoms with Crippen LogP contribution in [0.4, 0.5) is 11.4 Å². The molecule has 0 aliphatic carbocycles. The molecule has 0 spiro atoms. The first-order chi connectivity index (χ1) is 19.6. The van der Waals surface area contributed by atoms with Crippen LogP contribution in [-0.4, -0.2) is 83.1 Å². The molecular formula is C28H29N7O4S. The highest BCUT2D eigenvalue weighted by Crippen LogP contribution is 2.26. The zero-order chi connectivity index (χ0) is 27.9. The van der Waals surface area contributed by atoms with Crippen molar-refractivity contribution in [1.29, 1.82) is 0 Å². The van der Waals surface area contributed by atoms with Crippen molar-refractivity contribution in [2.45, 2.75) is 5.16 Å². The number of thioether (sulfide) groups is 1. The lowest BCUT2D eigenvalue weighted by atomic mass is 10.1. The Hall–Kier alpha value is -4.58. The summed E-state index contributed by atoms with van der Waals surface area (Å²) in [5.41, 5.74) is 3.06. The fourth-order valence-electron chi connectivity index (χ4n) is 4.41. The highest BCUT2D eigenvalue weighted by Gasteiger charge is 2.23. The summed E-state index contributed by atoms with van der Waals surface area (Å²) in [4.78, 5) is 29.6. The van der Waals surface area contributed by atoms with E-state index in [2.05, 4.69) is 25.7 Å². The van der Waals surface area contributed by atoms with Crippen molar-refractivity contribution in [3.8, 4) is 17.2 Å². The van der Waals surface area contributed by atoms with Gasteiger partial charge in [-0.2, -0.15) is 4.68 Å². The fraction of sp³-hybridized carbons (Fsp3) is 0.250. The maximum absolute atomic E-state index is 12.9. The second-order valence-electron chi connectivity index (χ2n) is 8.94. The molecule has 2 amide bonds. The van der Waals surface area contributed by atoms with Crippen LogP contribution in [0, 0.1) is 0 Å². The largest absolute Gasteiger partial charge is 0.497 e. The Morgan fingerprint density at radius 3 is 2.45 bits per heavy atom. The van der Waals surface area contributed by atoms with Gasteiger partial charge in [0.25, 0.3) is 5.91 Å². The third kappa shape index (κ3) is 6.18. The van der Waals surface area contributed by atoms with E-state index in [1.165, 1.54) is 11.8 Å². The predicted molar refractivity (Wildman–Crippen MR) is 153 cm³/mol. The van der Waals surface area contributed by atoms with E-state index in [4.69, 9.17) is 9.47 Å². The standard InChI is InChI=1S/C28H29N7O4S/c1-38-23-7-5-6-20(18-23)27(37)34-16-14-33(15-17-34)22-12-10-21(11-13-22)29-26(36)19-40-28-30-31-32-35(28)24-8-3-4-9-25(24)39-2/h3-13,18H,14-17,19H2,1-2H3,(H,29,36). The van der Waals surface area contributed by atoms with Gasteiger partial charge in [-0.1, -0.05) is 30.0 Å². The summed E-state index contributed by atoms with van der Waals surface area (Å²) in [5.74, 6) is 1.28. The maximum atomic E-state index is 12.9. The summed E-state index contributed by atoms with van der Waals surface area (Å²) in [6, 6.07) is 22.3. The van der Waals surface area contributed by atoms with Gasteiger partial charge in [-0.3, -0.25) is 9.59 Å². The van der Waals surface area contributed by atoms with E-state index in [0.717, 1.165) is 18.8 Å². The second-order valence-corrected chi connectivity index (χ2v) is 9.88. The van der Waals surface area contributed by atoms with Crippen molar-refractivity contribution >= 4 is 35.0 Å². The maximum Gasteiger partial charge on any atom is 0.254 e. The van der Waals surface area contributed by atoms with Crippen molar-refractivity contribution in [3.63, 3.8) is 0 Å². The number of carbonyl (C=O) groups excluding carboxylic acids is 2. The Balaban J connectivity index is 1.12. The Morgan fingerprint density at radius 2 is 1.70 bits per heavy atom. The Labute approximate surface area is 236 Å². The highest BCUT2D eigenvalue weighted by molar-refractivity contribution is 7.99. The number of para-hydroxylation sites is 2. The number of hydrogen-bond acceptors (Lipinski definition) is 9. The average Bonchev–Trinajstić information content (AvgIpc) is 3.48. The van der Waals surface area contributed by atoms with Crippen LogP contribution in [-0.2, 0) is 4.79 Å². The van der Waals surface area contributed by atoms with Gasteiger partial charge in [-0.15, -0.1) is 5.10 Å². The number of ether oxygens (including phenoxy) is 2. The van der Waals surface area contributed by atoms with E-state index in [-0.39, 0.29) is 17.6 Å². The number of piperazine rings is 1. The number of tetrazole rings is 1. The molecule has 1 aliphatic rings. The highest BCUT2D eigenvalue weighted by atomic mass is 32.2. The topological polar surface area (TPSA) is 115 Å². The third-order valence-corrected chi connectivity index (χ3v) is 7.41. The number of nitrogens with zero attached hydrogens (tertiary/aromatic N) is 6. The zero-order valence-corrected chi connectivity index (χ0v) is 23.0. The van der Waals surface area contributed by atoms with E-state index < -0.39 is 0 Å². The number of benzene rings is 3. The molecule has 206 valence electrons. The molecule has 0 bridgehead atoms. The lowest BCUT2D eigenvalue weighted by Gasteiger charge is -2.36. The number of nitrogens with one attached hydrogen (secondary N) is 1. The second kappa shape index (κ2) is 12.5. The molecule has 1 saturated heterocycles. The number of carbonyl (C=O) groups is 2. The Kier molecular flexibility index (Phi) is 8.45. The summed E-state index contributed by atoms with van der Waals surface area (Å²) < 4.78 is 12.2. The Morgan fingerprint density at radius 1 is 0.925 bits per heavy atom. The average molecular weight is 560 g/mol. The molecule has 0 atom stereocenters. The summed E-state index contributed by atoms with van der Waals surface area (Å²) >= 11 is 1.24. The molecule has 1 fully saturated rings. The van der Waals surface area contributed by atoms with Gasteiger partial charge in [0.2, 0.25) is 11.1 Å². The molecule has 2 heterocycles. The number of hydrogen-bond donors (Lipinski definition) is 1. The number of amides is 2. The molecule has 1 aliphatic heterocycles. The van der Waals surface area contributed by atoms with E-state index in [1.807, 2.05) is 71.6 Å². The minimum Gasteiger partial charge on any atom is -0.497 e. The van der Waals surface area contributed by atoms with Crippen molar-refractivity contribution in [2.75, 3.05) is 56.4 Å². The van der Waals surface area contributed by atoms with Gasteiger partial charge >= 0.3 is 0 Å². The molecular weight excluding hydrogens is 530 g/mol. The van der Waals surface area contributed by atoms with Crippen LogP contribution < -0.4 is 19.7 Å². The van der Waals surface area contributed by atoms with E-state index in [1.54, 1.807) is 25.0 Å². The molecule has 0 unspecified atom stereocenters. The lowest BCUT2D eigenvalue weighted by molar-refractivity contribution is -0.113. The first-order valence-electron chi connectivity index (χ1n) is 12.7. The quantitative estimate of drug-likeness (QED) is 0.308. The van der Waals surface area contributed by atoms with Gasteiger partial charge in [0, 0.05) is 43.1 Å². The predicted octanol–water partition coefficient (Wildman–Crippen LogP) is 3.37. The monoisotopic (exact) mass is 559 g/mol. The molecule has 3 aromatic carbocycles. The molecule has 40 heavy (non-hydrogen) atoms. The fourth-order valence-corrected chi connectivity index (χ4v) is 5.10. The van der Waals surface area contributed by atoms with Crippen LogP contribution in [0.1, 0.15) is 10.4 Å². The van der Waals surface area contributed by atoms with Crippen molar-refractivity contribution in [1.82, 2.24) is 25.1 Å². The van der Waals surface area contributed by atoms with Crippen molar-refractivity contribution in [3.05, 3.63) is 78.4 Å². The summed E-state index contributed by atoms with van der Waals surface area (Å²) in [6.07, 6.45) is 0. The van der Waals surface area contributed by atoms with Crippen LogP contribution >= 0.6 is 11.8 Å². The van der Waals surface area contributed by atoms with Gasteiger partial charge in [0.1, 0.15) is 17.2 Å².